The summed E-state index contributed by atoms with van der Waals surface area (Å²) >= 11 is 0. The summed E-state index contributed by atoms with van der Waals surface area (Å²) in [5, 5.41) is 9.89. The van der Waals surface area contributed by atoms with Gasteiger partial charge < -0.3 is 15.4 Å². The number of hydrogen-bond acceptors (Lipinski definition) is 3. The van der Waals surface area contributed by atoms with Crippen LogP contribution in [0.25, 0.3) is 5.69 Å². The Labute approximate surface area is 123 Å². The molecule has 3 rings (SSSR count). The number of amides is 2. The van der Waals surface area contributed by atoms with E-state index in [1.54, 1.807) is 10.9 Å². The minimum absolute atomic E-state index is 0.136. The monoisotopic (exact) mass is 286 g/mol. The van der Waals surface area contributed by atoms with Crippen LogP contribution in [0.2, 0.25) is 0 Å². The highest BCUT2D eigenvalue weighted by molar-refractivity contribution is 5.91. The molecule has 1 aliphatic heterocycles. The predicted octanol–water partition coefficient (Wildman–Crippen LogP) is 2.17. The van der Waals surface area contributed by atoms with E-state index < -0.39 is 0 Å². The maximum Gasteiger partial charge on any atom is 0.319 e. The van der Waals surface area contributed by atoms with Gasteiger partial charge in [0.2, 0.25) is 0 Å². The molecule has 0 radical (unpaired) electrons. The Balaban J connectivity index is 1.63. The zero-order valence-electron chi connectivity index (χ0n) is 11.7. The fraction of sp³-hybridized carbons (Fsp3) is 0.333. The van der Waals surface area contributed by atoms with Crippen LogP contribution in [0.4, 0.5) is 10.5 Å². The first-order chi connectivity index (χ1) is 10.3. The van der Waals surface area contributed by atoms with Crippen LogP contribution in [0.3, 0.4) is 0 Å². The van der Waals surface area contributed by atoms with E-state index in [0.717, 1.165) is 25.1 Å². The van der Waals surface area contributed by atoms with Crippen LogP contribution < -0.4 is 10.6 Å². The Bertz CT molecular complexity index is 591. The first-order valence-electron chi connectivity index (χ1n) is 7.08. The van der Waals surface area contributed by atoms with Gasteiger partial charge in [0, 0.05) is 25.5 Å². The molecule has 2 aromatic rings. The van der Waals surface area contributed by atoms with E-state index in [-0.39, 0.29) is 12.1 Å². The average Bonchev–Trinajstić information content (AvgIpc) is 3.19. The first-order valence-corrected chi connectivity index (χ1v) is 7.08. The molecule has 1 saturated heterocycles. The van der Waals surface area contributed by atoms with Crippen LogP contribution in [0.5, 0.6) is 0 Å². The van der Waals surface area contributed by atoms with E-state index in [1.165, 1.54) is 0 Å². The Hall–Kier alpha value is -2.34. The van der Waals surface area contributed by atoms with Crippen LogP contribution in [-0.4, -0.2) is 35.1 Å². The lowest BCUT2D eigenvalue weighted by Gasteiger charge is -2.14. The van der Waals surface area contributed by atoms with Crippen molar-refractivity contribution in [1.82, 2.24) is 15.1 Å². The minimum atomic E-state index is -0.231. The highest BCUT2D eigenvalue weighted by Gasteiger charge is 2.16. The molecule has 0 saturated carbocycles. The summed E-state index contributed by atoms with van der Waals surface area (Å²) in [6, 6.07) is 9.15. The number of benzene rings is 1. The van der Waals surface area contributed by atoms with Crippen molar-refractivity contribution in [1.29, 1.82) is 0 Å². The molecule has 1 aliphatic rings. The fourth-order valence-electron chi connectivity index (χ4n) is 2.37. The maximum atomic E-state index is 12.0. The van der Waals surface area contributed by atoms with Crippen LogP contribution in [0.15, 0.2) is 42.7 Å². The Kier molecular flexibility index (Phi) is 4.16. The third kappa shape index (κ3) is 3.41. The number of nitrogens with zero attached hydrogens (tertiary/aromatic N) is 2. The summed E-state index contributed by atoms with van der Waals surface area (Å²) in [7, 11) is 0. The van der Waals surface area contributed by atoms with Gasteiger partial charge in [0.15, 0.2) is 0 Å². The smallest absolute Gasteiger partial charge is 0.319 e. The van der Waals surface area contributed by atoms with Crippen LogP contribution >= 0.6 is 0 Å². The molecule has 6 heteroatoms. The van der Waals surface area contributed by atoms with Gasteiger partial charge in [0.1, 0.15) is 0 Å². The molecular formula is C15H18N4O2. The number of hydrogen-bond donors (Lipinski definition) is 2. The number of nitrogens with one attached hydrogen (secondary N) is 2. The number of urea groups is 1. The first kappa shape index (κ1) is 13.6. The van der Waals surface area contributed by atoms with E-state index in [0.29, 0.717) is 12.2 Å². The van der Waals surface area contributed by atoms with E-state index >= 15 is 0 Å². The third-order valence-electron chi connectivity index (χ3n) is 3.42. The number of carbonyl (C=O) groups excluding carboxylic acids is 1. The lowest BCUT2D eigenvalue weighted by molar-refractivity contribution is 0.112. The molecule has 0 bridgehead atoms. The van der Waals surface area contributed by atoms with E-state index in [1.807, 2.05) is 36.5 Å². The highest BCUT2D eigenvalue weighted by atomic mass is 16.5. The average molecular weight is 286 g/mol. The SMILES string of the molecule is O=C(NCC1CCCO1)Nc1ccccc1-n1cccn1. The van der Waals surface area contributed by atoms with Gasteiger partial charge in [0.05, 0.1) is 17.5 Å². The largest absolute Gasteiger partial charge is 0.376 e. The van der Waals surface area contributed by atoms with Crippen molar-refractivity contribution in [2.75, 3.05) is 18.5 Å². The van der Waals surface area contributed by atoms with Gasteiger partial charge in [-0.15, -0.1) is 0 Å². The molecule has 1 atom stereocenters. The topological polar surface area (TPSA) is 68.2 Å². The number of anilines is 1. The van der Waals surface area contributed by atoms with Gasteiger partial charge in [-0.05, 0) is 31.0 Å². The number of carbonyl (C=O) groups is 1. The van der Waals surface area contributed by atoms with E-state index in [9.17, 15) is 4.79 Å². The molecule has 110 valence electrons. The van der Waals surface area contributed by atoms with E-state index in [2.05, 4.69) is 15.7 Å². The highest BCUT2D eigenvalue weighted by Crippen LogP contribution is 2.18. The molecule has 1 unspecified atom stereocenters. The summed E-state index contributed by atoms with van der Waals surface area (Å²) in [6.45, 7) is 1.33. The van der Waals surface area contributed by atoms with Gasteiger partial charge in [-0.2, -0.15) is 5.10 Å². The quantitative estimate of drug-likeness (QED) is 0.905. The minimum Gasteiger partial charge on any atom is -0.376 e. The summed E-state index contributed by atoms with van der Waals surface area (Å²) in [6.07, 6.45) is 5.75. The second-order valence-corrected chi connectivity index (χ2v) is 4.94. The summed E-state index contributed by atoms with van der Waals surface area (Å²) in [5.74, 6) is 0. The zero-order chi connectivity index (χ0) is 14.5. The molecule has 0 spiro atoms. The Morgan fingerprint density at radius 1 is 1.38 bits per heavy atom. The number of para-hydroxylation sites is 2. The summed E-state index contributed by atoms with van der Waals surface area (Å²) < 4.78 is 7.20. The second-order valence-electron chi connectivity index (χ2n) is 4.94. The van der Waals surface area contributed by atoms with Crippen molar-refractivity contribution in [3.63, 3.8) is 0 Å². The molecule has 1 aromatic carbocycles. The predicted molar refractivity (Wildman–Crippen MR) is 79.6 cm³/mol. The molecule has 2 heterocycles. The molecule has 2 amide bonds. The van der Waals surface area contributed by atoms with Crippen molar-refractivity contribution in [2.24, 2.45) is 0 Å². The fourth-order valence-corrected chi connectivity index (χ4v) is 2.37. The van der Waals surface area contributed by atoms with Gasteiger partial charge in [0.25, 0.3) is 0 Å². The zero-order valence-corrected chi connectivity index (χ0v) is 11.7. The number of ether oxygens (including phenoxy) is 1. The van der Waals surface area contributed by atoms with Crippen molar-refractivity contribution in [2.45, 2.75) is 18.9 Å². The summed E-state index contributed by atoms with van der Waals surface area (Å²) in [4.78, 5) is 12.0. The van der Waals surface area contributed by atoms with Crippen molar-refractivity contribution in [3.8, 4) is 5.69 Å². The van der Waals surface area contributed by atoms with E-state index in [4.69, 9.17) is 4.74 Å². The van der Waals surface area contributed by atoms with Gasteiger partial charge in [-0.25, -0.2) is 9.48 Å². The number of aromatic nitrogens is 2. The third-order valence-corrected chi connectivity index (χ3v) is 3.42. The lowest BCUT2D eigenvalue weighted by atomic mass is 10.2. The molecule has 21 heavy (non-hydrogen) atoms. The maximum absolute atomic E-state index is 12.0. The Morgan fingerprint density at radius 2 is 2.29 bits per heavy atom. The Morgan fingerprint density at radius 3 is 3.05 bits per heavy atom. The van der Waals surface area contributed by atoms with Crippen LogP contribution in [-0.2, 0) is 4.74 Å². The van der Waals surface area contributed by atoms with Crippen molar-refractivity contribution >= 4 is 11.7 Å². The normalized spacial score (nSPS) is 17.6. The van der Waals surface area contributed by atoms with Crippen LogP contribution in [0, 0.1) is 0 Å². The lowest BCUT2D eigenvalue weighted by Crippen LogP contribution is -2.35. The van der Waals surface area contributed by atoms with Crippen molar-refractivity contribution < 1.29 is 9.53 Å². The summed E-state index contributed by atoms with van der Waals surface area (Å²) in [5.41, 5.74) is 1.54. The molecule has 6 nitrogen and oxygen atoms in total. The van der Waals surface area contributed by atoms with Crippen LogP contribution in [0.1, 0.15) is 12.8 Å². The molecular weight excluding hydrogens is 268 g/mol. The number of rotatable bonds is 4. The molecule has 2 N–H and O–H groups in total. The van der Waals surface area contributed by atoms with Gasteiger partial charge in [-0.1, -0.05) is 12.1 Å². The molecule has 0 aliphatic carbocycles. The second kappa shape index (κ2) is 6.41. The van der Waals surface area contributed by atoms with Crippen molar-refractivity contribution in [3.05, 3.63) is 42.7 Å². The van der Waals surface area contributed by atoms with Gasteiger partial charge >= 0.3 is 6.03 Å². The standard InChI is InChI=1S/C15H18N4O2/c20-15(16-11-12-5-3-10-21-12)18-13-6-1-2-7-14(13)19-9-4-8-17-19/h1-2,4,6-9,12H,3,5,10-11H2,(H2,16,18,20). The molecule has 1 fully saturated rings. The molecule has 1 aromatic heterocycles. The van der Waals surface area contributed by atoms with Gasteiger partial charge in [-0.3, -0.25) is 0 Å².